The molecule has 0 saturated heterocycles. The number of benzene rings is 1. The van der Waals surface area contributed by atoms with Crippen molar-refractivity contribution < 1.29 is 5.11 Å². The normalized spacial score (nSPS) is 12.4. The molecule has 0 aliphatic carbocycles. The topological polar surface area (TPSA) is 33.1 Å². The summed E-state index contributed by atoms with van der Waals surface area (Å²) in [5.41, 5.74) is 2.85. The highest BCUT2D eigenvalue weighted by atomic mass is 16.3. The number of aliphatic hydroxyl groups excluding tert-OH is 1. The highest BCUT2D eigenvalue weighted by Gasteiger charge is 2.10. The molecular weight excluding hydrogens is 198 g/mol. The summed E-state index contributed by atoms with van der Waals surface area (Å²) in [6.07, 6.45) is 2.07. The second kappa shape index (κ2) is 4.90. The quantitative estimate of drug-likeness (QED) is 0.850. The van der Waals surface area contributed by atoms with Crippen LogP contribution >= 0.6 is 0 Å². The van der Waals surface area contributed by atoms with Crippen LogP contribution in [0.15, 0.2) is 48.7 Å². The van der Waals surface area contributed by atoms with Crippen LogP contribution in [0.2, 0.25) is 0 Å². The standard InChI is InChI=1S/C14H15NO/c1-2-11-6-8-12(9-7-11)14(16)13-5-3-4-10-15-13/h3-10,14,16H,2H2,1H3/t14-/m1/s1. The van der Waals surface area contributed by atoms with Gasteiger partial charge in [-0.3, -0.25) is 4.98 Å². The van der Waals surface area contributed by atoms with E-state index in [0.29, 0.717) is 5.69 Å². The summed E-state index contributed by atoms with van der Waals surface area (Å²) >= 11 is 0. The maximum atomic E-state index is 10.1. The second-order valence-corrected chi connectivity index (χ2v) is 3.75. The average Bonchev–Trinajstić information content (AvgIpc) is 2.39. The first-order valence-corrected chi connectivity index (χ1v) is 5.49. The van der Waals surface area contributed by atoms with Crippen molar-refractivity contribution in [2.75, 3.05) is 0 Å². The van der Waals surface area contributed by atoms with Crippen molar-refractivity contribution in [3.63, 3.8) is 0 Å². The monoisotopic (exact) mass is 213 g/mol. The van der Waals surface area contributed by atoms with Crippen LogP contribution in [0.1, 0.15) is 29.8 Å². The van der Waals surface area contributed by atoms with Gasteiger partial charge in [0.2, 0.25) is 0 Å². The molecule has 82 valence electrons. The minimum Gasteiger partial charge on any atom is -0.382 e. The van der Waals surface area contributed by atoms with Gasteiger partial charge in [0, 0.05) is 6.20 Å². The molecule has 0 spiro atoms. The molecule has 2 aromatic rings. The third kappa shape index (κ3) is 2.28. The highest BCUT2D eigenvalue weighted by molar-refractivity contribution is 5.28. The molecule has 1 atom stereocenters. The minimum atomic E-state index is -0.632. The van der Waals surface area contributed by atoms with E-state index in [9.17, 15) is 5.11 Å². The molecule has 1 aromatic carbocycles. The lowest BCUT2D eigenvalue weighted by Gasteiger charge is -2.10. The summed E-state index contributed by atoms with van der Waals surface area (Å²) in [6.45, 7) is 2.12. The molecule has 1 N–H and O–H groups in total. The highest BCUT2D eigenvalue weighted by Crippen LogP contribution is 2.20. The van der Waals surface area contributed by atoms with Gasteiger partial charge in [-0.15, -0.1) is 0 Å². The third-order valence-electron chi connectivity index (χ3n) is 2.67. The molecule has 0 bridgehead atoms. The van der Waals surface area contributed by atoms with Crippen LogP contribution in [-0.4, -0.2) is 10.1 Å². The molecule has 0 amide bonds. The Balaban J connectivity index is 2.24. The van der Waals surface area contributed by atoms with E-state index in [1.54, 1.807) is 6.20 Å². The first-order chi connectivity index (χ1) is 7.81. The minimum absolute atomic E-state index is 0.632. The maximum absolute atomic E-state index is 10.1. The van der Waals surface area contributed by atoms with Gasteiger partial charge in [0.15, 0.2) is 0 Å². The lowest BCUT2D eigenvalue weighted by Crippen LogP contribution is -2.01. The first-order valence-electron chi connectivity index (χ1n) is 5.49. The Morgan fingerprint density at radius 1 is 1.12 bits per heavy atom. The van der Waals surface area contributed by atoms with Crippen molar-refractivity contribution in [2.45, 2.75) is 19.4 Å². The molecule has 1 aromatic heterocycles. The van der Waals surface area contributed by atoms with Crippen LogP contribution in [0, 0.1) is 0 Å². The zero-order valence-electron chi connectivity index (χ0n) is 9.30. The van der Waals surface area contributed by atoms with Crippen LogP contribution in [0.5, 0.6) is 0 Å². The Bertz CT molecular complexity index is 436. The molecule has 0 saturated carbocycles. The number of aryl methyl sites for hydroxylation is 1. The van der Waals surface area contributed by atoms with Crippen LogP contribution in [-0.2, 0) is 6.42 Å². The number of rotatable bonds is 3. The lowest BCUT2D eigenvalue weighted by molar-refractivity contribution is 0.215. The van der Waals surface area contributed by atoms with E-state index in [2.05, 4.69) is 11.9 Å². The number of aliphatic hydroxyl groups is 1. The van der Waals surface area contributed by atoms with Crippen LogP contribution in [0.3, 0.4) is 0 Å². The van der Waals surface area contributed by atoms with Gasteiger partial charge in [-0.2, -0.15) is 0 Å². The Morgan fingerprint density at radius 3 is 2.44 bits per heavy atom. The fraction of sp³-hybridized carbons (Fsp3) is 0.214. The van der Waals surface area contributed by atoms with Crippen molar-refractivity contribution in [1.29, 1.82) is 0 Å². The number of pyridine rings is 1. The summed E-state index contributed by atoms with van der Waals surface area (Å²) in [7, 11) is 0. The predicted octanol–water partition coefficient (Wildman–Crippen LogP) is 2.73. The van der Waals surface area contributed by atoms with E-state index in [-0.39, 0.29) is 0 Å². The first kappa shape index (κ1) is 10.8. The molecule has 2 nitrogen and oxygen atoms in total. The SMILES string of the molecule is CCc1ccc([C@@H](O)c2ccccn2)cc1. The Hall–Kier alpha value is -1.67. The van der Waals surface area contributed by atoms with E-state index in [4.69, 9.17) is 0 Å². The van der Waals surface area contributed by atoms with Gasteiger partial charge in [0.05, 0.1) is 5.69 Å². The number of hydrogen-bond donors (Lipinski definition) is 1. The fourth-order valence-electron chi connectivity index (χ4n) is 1.64. The molecule has 0 aliphatic heterocycles. The van der Waals surface area contributed by atoms with Gasteiger partial charge in [-0.05, 0) is 29.7 Å². The summed E-state index contributed by atoms with van der Waals surface area (Å²) in [6, 6.07) is 13.6. The molecule has 1 heterocycles. The fourth-order valence-corrected chi connectivity index (χ4v) is 1.64. The summed E-state index contributed by atoms with van der Waals surface area (Å²) in [4.78, 5) is 4.15. The average molecular weight is 213 g/mol. The van der Waals surface area contributed by atoms with E-state index >= 15 is 0 Å². The third-order valence-corrected chi connectivity index (χ3v) is 2.67. The van der Waals surface area contributed by atoms with Crippen molar-refractivity contribution in [2.24, 2.45) is 0 Å². The van der Waals surface area contributed by atoms with Crippen molar-refractivity contribution in [3.8, 4) is 0 Å². The van der Waals surface area contributed by atoms with E-state index < -0.39 is 6.10 Å². The number of nitrogens with zero attached hydrogens (tertiary/aromatic N) is 1. The largest absolute Gasteiger partial charge is 0.382 e. The van der Waals surface area contributed by atoms with E-state index in [1.807, 2.05) is 42.5 Å². The van der Waals surface area contributed by atoms with Gasteiger partial charge < -0.3 is 5.11 Å². The lowest BCUT2D eigenvalue weighted by atomic mass is 10.0. The Morgan fingerprint density at radius 2 is 1.88 bits per heavy atom. The molecule has 2 rings (SSSR count). The molecular formula is C14H15NO. The molecule has 16 heavy (non-hydrogen) atoms. The zero-order valence-corrected chi connectivity index (χ0v) is 9.30. The van der Waals surface area contributed by atoms with E-state index in [0.717, 1.165) is 12.0 Å². The Labute approximate surface area is 95.6 Å². The van der Waals surface area contributed by atoms with Crippen LogP contribution in [0.25, 0.3) is 0 Å². The Kier molecular flexibility index (Phi) is 3.32. The van der Waals surface area contributed by atoms with E-state index in [1.165, 1.54) is 5.56 Å². The van der Waals surface area contributed by atoms with Crippen molar-refractivity contribution in [3.05, 3.63) is 65.5 Å². The summed E-state index contributed by atoms with van der Waals surface area (Å²) in [5, 5.41) is 10.1. The van der Waals surface area contributed by atoms with Gasteiger partial charge in [-0.25, -0.2) is 0 Å². The van der Waals surface area contributed by atoms with Gasteiger partial charge in [0.25, 0.3) is 0 Å². The second-order valence-electron chi connectivity index (χ2n) is 3.75. The molecule has 0 fully saturated rings. The number of hydrogen-bond acceptors (Lipinski definition) is 2. The summed E-state index contributed by atoms with van der Waals surface area (Å²) < 4.78 is 0. The smallest absolute Gasteiger partial charge is 0.121 e. The number of aromatic nitrogens is 1. The summed E-state index contributed by atoms with van der Waals surface area (Å²) in [5.74, 6) is 0. The zero-order chi connectivity index (χ0) is 11.4. The van der Waals surface area contributed by atoms with Crippen molar-refractivity contribution >= 4 is 0 Å². The van der Waals surface area contributed by atoms with Crippen molar-refractivity contribution in [1.82, 2.24) is 4.98 Å². The molecule has 0 aliphatic rings. The van der Waals surface area contributed by atoms with Crippen LogP contribution in [0.4, 0.5) is 0 Å². The van der Waals surface area contributed by atoms with Gasteiger partial charge >= 0.3 is 0 Å². The maximum Gasteiger partial charge on any atom is 0.121 e. The molecule has 0 radical (unpaired) electrons. The van der Waals surface area contributed by atoms with Crippen LogP contribution < -0.4 is 0 Å². The molecule has 0 unspecified atom stereocenters. The van der Waals surface area contributed by atoms with Gasteiger partial charge in [-0.1, -0.05) is 37.3 Å². The molecule has 2 heteroatoms. The van der Waals surface area contributed by atoms with Gasteiger partial charge in [0.1, 0.15) is 6.10 Å². The predicted molar refractivity (Wildman–Crippen MR) is 64.1 cm³/mol.